The van der Waals surface area contributed by atoms with Gasteiger partial charge in [-0.05, 0) is 25.3 Å². The predicted octanol–water partition coefficient (Wildman–Crippen LogP) is 2.21. The molecule has 0 aromatic carbocycles. The van der Waals surface area contributed by atoms with Crippen LogP contribution in [0.5, 0.6) is 0 Å². The fraction of sp³-hybridized carbons (Fsp3) is 0.500. The summed E-state index contributed by atoms with van der Waals surface area (Å²) in [4.78, 5) is 9.65. The largest absolute Gasteiger partial charge is 0.421 e. The van der Waals surface area contributed by atoms with Crippen LogP contribution in [0, 0.1) is 0 Å². The molecule has 3 heterocycles. The maximum absolute atomic E-state index is 12.9. The zero-order valence-corrected chi connectivity index (χ0v) is 16.7. The molecular formula is C16H19F3N4O3S2. The molecule has 0 bridgehead atoms. The SMILES string of the molecule is CC1CN(S(=O)(=O)c2cccs2)CCN1c1ncc(C(C)(O)C(F)(F)F)cn1. The minimum Gasteiger partial charge on any atom is -0.376 e. The summed E-state index contributed by atoms with van der Waals surface area (Å²) < 4.78 is 65.7. The van der Waals surface area contributed by atoms with Crippen molar-refractivity contribution >= 4 is 27.3 Å². The lowest BCUT2D eigenvalue weighted by Crippen LogP contribution is -2.54. The lowest BCUT2D eigenvalue weighted by molar-refractivity contribution is -0.259. The number of sulfonamides is 1. The second kappa shape index (κ2) is 7.25. The van der Waals surface area contributed by atoms with Gasteiger partial charge < -0.3 is 10.0 Å². The molecular weight excluding hydrogens is 417 g/mol. The van der Waals surface area contributed by atoms with E-state index in [1.807, 2.05) is 0 Å². The number of aromatic nitrogens is 2. The first-order valence-electron chi connectivity index (χ1n) is 8.36. The molecule has 3 rings (SSSR count). The molecule has 2 aromatic rings. The van der Waals surface area contributed by atoms with E-state index in [0.717, 1.165) is 23.7 Å². The van der Waals surface area contributed by atoms with E-state index in [2.05, 4.69) is 9.97 Å². The molecule has 1 saturated heterocycles. The van der Waals surface area contributed by atoms with Crippen LogP contribution in [0.25, 0.3) is 0 Å². The number of hydrogen-bond donors (Lipinski definition) is 1. The molecule has 0 amide bonds. The van der Waals surface area contributed by atoms with Gasteiger partial charge >= 0.3 is 6.18 Å². The van der Waals surface area contributed by atoms with Gasteiger partial charge in [0, 0.05) is 43.6 Å². The zero-order valence-electron chi connectivity index (χ0n) is 15.1. The normalized spacial score (nSPS) is 21.5. The van der Waals surface area contributed by atoms with Crippen molar-refractivity contribution in [1.82, 2.24) is 14.3 Å². The van der Waals surface area contributed by atoms with Gasteiger partial charge in [-0.1, -0.05) is 6.07 Å². The Balaban J connectivity index is 1.75. The predicted molar refractivity (Wildman–Crippen MR) is 97.5 cm³/mol. The first-order chi connectivity index (χ1) is 12.9. The van der Waals surface area contributed by atoms with E-state index in [-0.39, 0.29) is 29.3 Å². The molecule has 1 aliphatic heterocycles. The summed E-state index contributed by atoms with van der Waals surface area (Å²) in [5.74, 6) is 0.183. The molecule has 2 aromatic heterocycles. The quantitative estimate of drug-likeness (QED) is 0.791. The molecule has 1 N–H and O–H groups in total. The number of nitrogens with zero attached hydrogens (tertiary/aromatic N) is 4. The fourth-order valence-electron chi connectivity index (χ4n) is 2.86. The highest BCUT2D eigenvalue weighted by molar-refractivity contribution is 7.91. The average Bonchev–Trinajstić information content (AvgIpc) is 3.16. The second-order valence-corrected chi connectivity index (χ2v) is 9.79. The van der Waals surface area contributed by atoms with Gasteiger partial charge in [-0.3, -0.25) is 0 Å². The molecule has 7 nitrogen and oxygen atoms in total. The van der Waals surface area contributed by atoms with Gasteiger partial charge in [0.1, 0.15) is 4.21 Å². The van der Waals surface area contributed by atoms with Gasteiger partial charge in [-0.2, -0.15) is 17.5 Å². The van der Waals surface area contributed by atoms with Crippen molar-refractivity contribution in [2.24, 2.45) is 0 Å². The van der Waals surface area contributed by atoms with Crippen LogP contribution in [0.15, 0.2) is 34.1 Å². The molecule has 1 aliphatic rings. The van der Waals surface area contributed by atoms with Gasteiger partial charge in [0.05, 0.1) is 0 Å². The van der Waals surface area contributed by atoms with Crippen LogP contribution in [0.1, 0.15) is 19.4 Å². The Kier molecular flexibility index (Phi) is 5.42. The molecule has 0 saturated carbocycles. The number of aliphatic hydroxyl groups is 1. The highest BCUT2D eigenvalue weighted by atomic mass is 32.2. The van der Waals surface area contributed by atoms with Gasteiger partial charge in [0.15, 0.2) is 5.60 Å². The second-order valence-electron chi connectivity index (χ2n) is 6.68. The number of thiophene rings is 1. The Hall–Kier alpha value is -1.76. The molecule has 12 heteroatoms. The standard InChI is InChI=1S/C16H19F3N4O3S2/c1-11-10-22(28(25,26)13-4-3-7-27-13)5-6-23(11)14-20-8-12(9-21-14)15(2,24)16(17,18)19/h3-4,7-9,11,24H,5-6,10H2,1-2H3. The molecule has 2 atom stereocenters. The van der Waals surface area contributed by atoms with E-state index in [1.165, 1.54) is 4.31 Å². The van der Waals surface area contributed by atoms with Crippen molar-refractivity contribution in [2.75, 3.05) is 24.5 Å². The Morgan fingerprint density at radius 2 is 1.89 bits per heavy atom. The molecule has 1 fully saturated rings. The van der Waals surface area contributed by atoms with Gasteiger partial charge in [-0.25, -0.2) is 18.4 Å². The van der Waals surface area contributed by atoms with E-state index < -0.39 is 27.4 Å². The van der Waals surface area contributed by atoms with Crippen molar-refractivity contribution in [2.45, 2.75) is 35.9 Å². The van der Waals surface area contributed by atoms with Crippen molar-refractivity contribution in [3.05, 3.63) is 35.5 Å². The summed E-state index contributed by atoms with van der Waals surface area (Å²) in [5, 5.41) is 11.4. The van der Waals surface area contributed by atoms with Crippen molar-refractivity contribution < 1.29 is 26.7 Å². The van der Waals surface area contributed by atoms with E-state index in [0.29, 0.717) is 13.5 Å². The minimum atomic E-state index is -4.85. The topological polar surface area (TPSA) is 86.6 Å². The van der Waals surface area contributed by atoms with E-state index in [1.54, 1.807) is 29.3 Å². The summed E-state index contributed by atoms with van der Waals surface area (Å²) in [5.41, 5.74) is -3.51. The molecule has 28 heavy (non-hydrogen) atoms. The summed E-state index contributed by atoms with van der Waals surface area (Å²) >= 11 is 1.14. The third-order valence-corrected chi connectivity index (χ3v) is 7.93. The fourth-order valence-corrected chi connectivity index (χ4v) is 5.52. The molecule has 154 valence electrons. The third kappa shape index (κ3) is 3.73. The number of piperazine rings is 1. The van der Waals surface area contributed by atoms with Crippen LogP contribution < -0.4 is 4.90 Å². The van der Waals surface area contributed by atoms with Crippen LogP contribution in [-0.2, 0) is 15.6 Å². The van der Waals surface area contributed by atoms with Gasteiger partial charge in [0.25, 0.3) is 10.0 Å². The summed E-state index contributed by atoms with van der Waals surface area (Å²) in [7, 11) is -3.57. The highest BCUT2D eigenvalue weighted by Gasteiger charge is 2.51. The highest BCUT2D eigenvalue weighted by Crippen LogP contribution is 2.38. The number of rotatable bonds is 4. The van der Waals surface area contributed by atoms with Crippen molar-refractivity contribution in [3.8, 4) is 0 Å². The van der Waals surface area contributed by atoms with Gasteiger partial charge in [-0.15, -0.1) is 11.3 Å². The summed E-state index contributed by atoms with van der Waals surface area (Å²) in [6.45, 7) is 3.13. The van der Waals surface area contributed by atoms with Crippen LogP contribution in [-0.4, -0.2) is 59.6 Å². The Morgan fingerprint density at radius 1 is 1.25 bits per heavy atom. The molecule has 2 unspecified atom stereocenters. The smallest absolute Gasteiger partial charge is 0.376 e. The lowest BCUT2D eigenvalue weighted by atomic mass is 9.99. The Morgan fingerprint density at radius 3 is 2.39 bits per heavy atom. The average molecular weight is 436 g/mol. The van der Waals surface area contributed by atoms with Crippen LogP contribution >= 0.6 is 11.3 Å². The monoisotopic (exact) mass is 436 g/mol. The number of anilines is 1. The third-order valence-electron chi connectivity index (χ3n) is 4.69. The molecule has 0 spiro atoms. The zero-order chi connectivity index (χ0) is 20.7. The Labute approximate surface area is 164 Å². The molecule has 0 aliphatic carbocycles. The van der Waals surface area contributed by atoms with Gasteiger partial charge in [0.2, 0.25) is 5.95 Å². The maximum atomic E-state index is 12.9. The van der Waals surface area contributed by atoms with Crippen molar-refractivity contribution in [1.29, 1.82) is 0 Å². The van der Waals surface area contributed by atoms with Crippen LogP contribution in [0.3, 0.4) is 0 Å². The summed E-state index contributed by atoms with van der Waals surface area (Å²) in [6, 6.07) is 2.94. The molecule has 0 radical (unpaired) electrons. The van der Waals surface area contributed by atoms with E-state index in [9.17, 15) is 26.7 Å². The van der Waals surface area contributed by atoms with E-state index >= 15 is 0 Å². The minimum absolute atomic E-state index is 0.183. The first kappa shape index (κ1) is 21.0. The number of hydrogen-bond acceptors (Lipinski definition) is 7. The number of halogens is 3. The van der Waals surface area contributed by atoms with E-state index in [4.69, 9.17) is 0 Å². The first-order valence-corrected chi connectivity index (χ1v) is 10.7. The van der Waals surface area contributed by atoms with Crippen molar-refractivity contribution in [3.63, 3.8) is 0 Å². The Bertz CT molecular complexity index is 916. The summed E-state index contributed by atoms with van der Waals surface area (Å²) in [6.07, 6.45) is -2.97. The van der Waals surface area contributed by atoms with Crippen LogP contribution in [0.2, 0.25) is 0 Å². The van der Waals surface area contributed by atoms with Crippen LogP contribution in [0.4, 0.5) is 19.1 Å². The number of alkyl halides is 3. The lowest BCUT2D eigenvalue weighted by Gasteiger charge is -2.39. The maximum Gasteiger partial charge on any atom is 0.421 e.